The van der Waals surface area contributed by atoms with Crippen LogP contribution in [0.4, 0.5) is 5.69 Å². The minimum atomic E-state index is -0.181. The number of hydrogen-bond acceptors (Lipinski definition) is 3. The van der Waals surface area contributed by atoms with Crippen LogP contribution in [0.25, 0.3) is 0 Å². The zero-order valence-corrected chi connectivity index (χ0v) is 10.0. The fraction of sp³-hybridized carbons (Fsp3) is 0.417. The van der Waals surface area contributed by atoms with Gasteiger partial charge >= 0.3 is 5.97 Å². The Hall–Kier alpha value is -1.22. The molecule has 0 fully saturated rings. The van der Waals surface area contributed by atoms with Crippen molar-refractivity contribution < 1.29 is 9.53 Å². The van der Waals surface area contributed by atoms with Crippen molar-refractivity contribution in [2.75, 3.05) is 11.9 Å². The lowest BCUT2D eigenvalue weighted by Crippen LogP contribution is -2.34. The number of rotatable bonds is 2. The smallest absolute Gasteiger partial charge is 0.328 e. The Morgan fingerprint density at radius 3 is 3.00 bits per heavy atom. The van der Waals surface area contributed by atoms with Gasteiger partial charge in [0.1, 0.15) is 6.04 Å². The minimum absolute atomic E-state index is 0. The third-order valence-electron chi connectivity index (χ3n) is 2.62. The molecule has 2 rings (SSSR count). The van der Waals surface area contributed by atoms with E-state index in [1.165, 1.54) is 5.56 Å². The van der Waals surface area contributed by atoms with Crippen molar-refractivity contribution in [1.82, 2.24) is 0 Å². The molecule has 0 spiro atoms. The molecule has 4 heteroatoms. The Morgan fingerprint density at radius 1 is 1.50 bits per heavy atom. The van der Waals surface area contributed by atoms with Gasteiger partial charge in [-0.15, -0.1) is 12.4 Å². The van der Waals surface area contributed by atoms with E-state index in [4.69, 9.17) is 4.74 Å². The number of aryl methyl sites for hydroxylation is 1. The van der Waals surface area contributed by atoms with E-state index < -0.39 is 0 Å². The molecule has 1 aliphatic heterocycles. The van der Waals surface area contributed by atoms with Crippen molar-refractivity contribution >= 4 is 24.1 Å². The number of para-hydroxylation sites is 1. The van der Waals surface area contributed by atoms with E-state index in [0.29, 0.717) is 6.61 Å². The van der Waals surface area contributed by atoms with Crippen LogP contribution in [0.1, 0.15) is 18.9 Å². The predicted octanol–water partition coefficient (Wildman–Crippen LogP) is 2.40. The molecule has 1 aromatic rings. The molecule has 1 aliphatic rings. The molecular weight excluding hydrogens is 226 g/mol. The van der Waals surface area contributed by atoms with Crippen LogP contribution in [0.15, 0.2) is 24.3 Å². The standard InChI is InChI=1S/C12H15NO2.ClH/c1-2-15-12(14)11-8-7-9-5-3-4-6-10(9)13-11;/h3-6,11,13H,2,7-8H2,1H3;1H/t11-;/m1./s1. The Balaban J connectivity index is 0.00000128. The van der Waals surface area contributed by atoms with Crippen molar-refractivity contribution in [1.29, 1.82) is 0 Å². The van der Waals surface area contributed by atoms with Gasteiger partial charge in [-0.1, -0.05) is 18.2 Å². The van der Waals surface area contributed by atoms with Crippen LogP contribution in [-0.4, -0.2) is 18.6 Å². The first-order chi connectivity index (χ1) is 7.31. The van der Waals surface area contributed by atoms with Crippen LogP contribution in [0.2, 0.25) is 0 Å². The third-order valence-corrected chi connectivity index (χ3v) is 2.62. The predicted molar refractivity (Wildman–Crippen MR) is 66.1 cm³/mol. The van der Waals surface area contributed by atoms with Crippen molar-refractivity contribution in [3.05, 3.63) is 29.8 Å². The molecule has 0 bridgehead atoms. The lowest BCUT2D eigenvalue weighted by Gasteiger charge is -2.25. The summed E-state index contributed by atoms with van der Waals surface area (Å²) in [5, 5.41) is 3.21. The molecule has 0 radical (unpaired) electrons. The fourth-order valence-corrected chi connectivity index (χ4v) is 1.86. The molecule has 1 N–H and O–H groups in total. The number of halogens is 1. The molecule has 0 unspecified atom stereocenters. The second-order valence-electron chi connectivity index (χ2n) is 3.64. The maximum absolute atomic E-state index is 11.5. The molecule has 3 nitrogen and oxygen atoms in total. The first kappa shape index (κ1) is 12.8. The van der Waals surface area contributed by atoms with E-state index in [1.54, 1.807) is 0 Å². The molecule has 1 aromatic carbocycles. The van der Waals surface area contributed by atoms with Gasteiger partial charge in [0.25, 0.3) is 0 Å². The maximum Gasteiger partial charge on any atom is 0.328 e. The molecule has 0 saturated heterocycles. The quantitative estimate of drug-likeness (QED) is 0.808. The number of fused-ring (bicyclic) bond motifs is 1. The van der Waals surface area contributed by atoms with E-state index in [-0.39, 0.29) is 24.4 Å². The van der Waals surface area contributed by atoms with Crippen molar-refractivity contribution in [2.45, 2.75) is 25.8 Å². The molecular formula is C12H16ClNO2. The number of anilines is 1. The molecule has 16 heavy (non-hydrogen) atoms. The fourth-order valence-electron chi connectivity index (χ4n) is 1.86. The number of esters is 1. The van der Waals surface area contributed by atoms with Crippen LogP contribution < -0.4 is 5.32 Å². The highest BCUT2D eigenvalue weighted by atomic mass is 35.5. The third kappa shape index (κ3) is 2.67. The van der Waals surface area contributed by atoms with Gasteiger partial charge in [-0.3, -0.25) is 0 Å². The van der Waals surface area contributed by atoms with Gasteiger partial charge in [-0.25, -0.2) is 4.79 Å². The van der Waals surface area contributed by atoms with Gasteiger partial charge in [-0.2, -0.15) is 0 Å². The second-order valence-corrected chi connectivity index (χ2v) is 3.64. The summed E-state index contributed by atoms with van der Waals surface area (Å²) >= 11 is 0. The van der Waals surface area contributed by atoms with Crippen molar-refractivity contribution in [3.8, 4) is 0 Å². The first-order valence-electron chi connectivity index (χ1n) is 5.32. The number of carbonyl (C=O) groups excluding carboxylic acids is 1. The molecule has 0 aromatic heterocycles. The van der Waals surface area contributed by atoms with Gasteiger partial charge in [0.15, 0.2) is 0 Å². The summed E-state index contributed by atoms with van der Waals surface area (Å²) in [6.07, 6.45) is 1.75. The van der Waals surface area contributed by atoms with E-state index in [0.717, 1.165) is 18.5 Å². The number of ether oxygens (including phenoxy) is 1. The summed E-state index contributed by atoms with van der Waals surface area (Å²) in [6, 6.07) is 7.90. The van der Waals surface area contributed by atoms with Crippen LogP contribution >= 0.6 is 12.4 Å². The highest BCUT2D eigenvalue weighted by Crippen LogP contribution is 2.24. The summed E-state index contributed by atoms with van der Waals surface area (Å²) in [5.74, 6) is -0.146. The minimum Gasteiger partial charge on any atom is -0.464 e. The lowest BCUT2D eigenvalue weighted by molar-refractivity contribution is -0.144. The normalized spacial score (nSPS) is 17.7. The van der Waals surface area contributed by atoms with E-state index in [2.05, 4.69) is 11.4 Å². The van der Waals surface area contributed by atoms with Crippen molar-refractivity contribution in [3.63, 3.8) is 0 Å². The van der Waals surface area contributed by atoms with Gasteiger partial charge < -0.3 is 10.1 Å². The molecule has 88 valence electrons. The average molecular weight is 242 g/mol. The molecule has 1 heterocycles. The number of carbonyl (C=O) groups is 1. The molecule has 0 amide bonds. The zero-order valence-electron chi connectivity index (χ0n) is 9.23. The second kappa shape index (κ2) is 5.75. The van der Waals surface area contributed by atoms with E-state index in [1.807, 2.05) is 25.1 Å². The van der Waals surface area contributed by atoms with Gasteiger partial charge in [-0.05, 0) is 31.4 Å². The summed E-state index contributed by atoms with van der Waals surface area (Å²) in [6.45, 7) is 2.27. The van der Waals surface area contributed by atoms with Gasteiger partial charge in [0, 0.05) is 5.69 Å². The average Bonchev–Trinajstić information content (AvgIpc) is 2.29. The first-order valence-corrected chi connectivity index (χ1v) is 5.32. The zero-order chi connectivity index (χ0) is 10.7. The molecule has 0 aliphatic carbocycles. The van der Waals surface area contributed by atoms with E-state index in [9.17, 15) is 4.79 Å². The number of benzene rings is 1. The summed E-state index contributed by atoms with van der Waals surface area (Å²) < 4.78 is 4.99. The largest absolute Gasteiger partial charge is 0.464 e. The summed E-state index contributed by atoms with van der Waals surface area (Å²) in [4.78, 5) is 11.5. The van der Waals surface area contributed by atoms with Crippen molar-refractivity contribution in [2.24, 2.45) is 0 Å². The number of nitrogens with one attached hydrogen (secondary N) is 1. The molecule has 1 atom stereocenters. The maximum atomic E-state index is 11.5. The SMILES string of the molecule is CCOC(=O)[C@H]1CCc2ccccc2N1.Cl. The lowest BCUT2D eigenvalue weighted by atomic mass is 9.98. The van der Waals surface area contributed by atoms with Crippen LogP contribution in [0.3, 0.4) is 0 Å². The summed E-state index contributed by atoms with van der Waals surface area (Å²) in [5.41, 5.74) is 2.33. The number of hydrogen-bond donors (Lipinski definition) is 1. The summed E-state index contributed by atoms with van der Waals surface area (Å²) in [7, 11) is 0. The molecule has 0 saturated carbocycles. The van der Waals surface area contributed by atoms with Gasteiger partial charge in [0.2, 0.25) is 0 Å². The van der Waals surface area contributed by atoms with E-state index >= 15 is 0 Å². The Bertz CT molecular complexity index is 368. The van der Waals surface area contributed by atoms with Gasteiger partial charge in [0.05, 0.1) is 6.61 Å². The van der Waals surface area contributed by atoms with Crippen LogP contribution in [-0.2, 0) is 16.0 Å². The monoisotopic (exact) mass is 241 g/mol. The Morgan fingerprint density at radius 2 is 2.25 bits per heavy atom. The Kier molecular flexibility index (Phi) is 4.62. The van der Waals surface area contributed by atoms with Crippen LogP contribution in [0, 0.1) is 0 Å². The Labute approximate surface area is 102 Å². The van der Waals surface area contributed by atoms with Crippen LogP contribution in [0.5, 0.6) is 0 Å². The topological polar surface area (TPSA) is 38.3 Å². The highest BCUT2D eigenvalue weighted by Gasteiger charge is 2.24. The highest BCUT2D eigenvalue weighted by molar-refractivity contribution is 5.85.